The first-order valence-corrected chi connectivity index (χ1v) is 4.33. The molecule has 1 heterocycles. The predicted octanol–water partition coefficient (Wildman–Crippen LogP) is 0.363. The van der Waals surface area contributed by atoms with Crippen LogP contribution in [-0.4, -0.2) is 25.7 Å². The number of hydrogen-bond donors (Lipinski definition) is 1. The summed E-state index contributed by atoms with van der Waals surface area (Å²) in [5.41, 5.74) is 0. The highest BCUT2D eigenvalue weighted by molar-refractivity contribution is 4.86. The van der Waals surface area contributed by atoms with E-state index in [1.54, 1.807) is 0 Å². The molecule has 1 saturated heterocycles. The van der Waals surface area contributed by atoms with Gasteiger partial charge in [0.05, 0.1) is 0 Å². The molecule has 0 spiro atoms. The van der Waals surface area contributed by atoms with E-state index in [-0.39, 0.29) is 0 Å². The van der Waals surface area contributed by atoms with Gasteiger partial charge in [-0.1, -0.05) is 6.42 Å². The molecule has 2 heteroatoms. The Kier molecular flexibility index (Phi) is 1.91. The van der Waals surface area contributed by atoms with Gasteiger partial charge in [0, 0.05) is 25.7 Å². The summed E-state index contributed by atoms with van der Waals surface area (Å²) in [7, 11) is 0. The van der Waals surface area contributed by atoms with Crippen LogP contribution in [0.3, 0.4) is 0 Å². The van der Waals surface area contributed by atoms with Crippen molar-refractivity contribution in [3.8, 4) is 0 Å². The van der Waals surface area contributed by atoms with Crippen molar-refractivity contribution < 1.29 is 0 Å². The largest absolute Gasteiger partial charge is 0.311 e. The minimum atomic E-state index is 0.738. The number of rotatable bonds is 1. The van der Waals surface area contributed by atoms with Crippen molar-refractivity contribution in [2.75, 3.05) is 19.6 Å². The molecule has 1 aliphatic heterocycles. The third kappa shape index (κ3) is 1.18. The molecule has 2 aliphatic rings. The lowest BCUT2D eigenvalue weighted by Gasteiger charge is -2.36. The summed E-state index contributed by atoms with van der Waals surface area (Å²) >= 11 is 0. The first-order valence-electron chi connectivity index (χ1n) is 4.33. The van der Waals surface area contributed by atoms with Crippen LogP contribution in [0.4, 0.5) is 0 Å². The van der Waals surface area contributed by atoms with Crippen molar-refractivity contribution in [1.29, 1.82) is 0 Å². The summed E-state index contributed by atoms with van der Waals surface area (Å²) in [6.07, 6.45) is 4.32. The SMILES string of the molecule is C1CC(C2C[N]CCN2)C1. The fraction of sp³-hybridized carbons (Fsp3) is 1.00. The van der Waals surface area contributed by atoms with Crippen LogP contribution in [0.2, 0.25) is 0 Å². The van der Waals surface area contributed by atoms with Crippen molar-refractivity contribution in [2.24, 2.45) is 5.92 Å². The van der Waals surface area contributed by atoms with Gasteiger partial charge in [-0.05, 0) is 18.8 Å². The van der Waals surface area contributed by atoms with E-state index in [4.69, 9.17) is 0 Å². The summed E-state index contributed by atoms with van der Waals surface area (Å²) in [6.45, 7) is 3.22. The van der Waals surface area contributed by atoms with Gasteiger partial charge in [0.25, 0.3) is 0 Å². The minimum absolute atomic E-state index is 0.738. The maximum Gasteiger partial charge on any atom is 0.0290 e. The van der Waals surface area contributed by atoms with Crippen molar-refractivity contribution >= 4 is 0 Å². The summed E-state index contributed by atoms with van der Waals surface area (Å²) in [5, 5.41) is 7.93. The number of nitrogens with one attached hydrogen (secondary N) is 1. The lowest BCUT2D eigenvalue weighted by atomic mass is 9.79. The molecule has 1 saturated carbocycles. The topological polar surface area (TPSA) is 26.1 Å². The van der Waals surface area contributed by atoms with Gasteiger partial charge in [0.15, 0.2) is 0 Å². The maximum absolute atomic E-state index is 4.40. The van der Waals surface area contributed by atoms with E-state index < -0.39 is 0 Å². The third-order valence-corrected chi connectivity index (χ3v) is 2.72. The molecule has 0 amide bonds. The molecule has 2 fully saturated rings. The highest BCUT2D eigenvalue weighted by Gasteiger charge is 2.27. The average molecular weight is 139 g/mol. The molecule has 0 aromatic carbocycles. The molecule has 2 rings (SSSR count). The van der Waals surface area contributed by atoms with Crippen molar-refractivity contribution in [3.05, 3.63) is 0 Å². The lowest BCUT2D eigenvalue weighted by molar-refractivity contribution is 0.208. The zero-order valence-electron chi connectivity index (χ0n) is 6.34. The van der Waals surface area contributed by atoms with E-state index in [1.807, 2.05) is 0 Å². The van der Waals surface area contributed by atoms with Crippen LogP contribution in [-0.2, 0) is 0 Å². The zero-order valence-corrected chi connectivity index (χ0v) is 6.34. The number of nitrogens with zero attached hydrogens (tertiary/aromatic N) is 1. The van der Waals surface area contributed by atoms with Crippen LogP contribution < -0.4 is 10.6 Å². The Morgan fingerprint density at radius 2 is 2.20 bits per heavy atom. The van der Waals surface area contributed by atoms with Crippen LogP contribution >= 0.6 is 0 Å². The van der Waals surface area contributed by atoms with Crippen LogP contribution in [0.15, 0.2) is 0 Å². The molecule has 10 heavy (non-hydrogen) atoms. The van der Waals surface area contributed by atoms with Gasteiger partial charge in [-0.15, -0.1) is 0 Å². The van der Waals surface area contributed by atoms with E-state index in [0.29, 0.717) is 0 Å². The molecule has 0 bridgehead atoms. The summed E-state index contributed by atoms with van der Waals surface area (Å²) < 4.78 is 0. The monoisotopic (exact) mass is 139 g/mol. The second-order valence-electron chi connectivity index (χ2n) is 3.38. The van der Waals surface area contributed by atoms with Gasteiger partial charge in [-0.25, -0.2) is 5.32 Å². The smallest absolute Gasteiger partial charge is 0.0290 e. The van der Waals surface area contributed by atoms with Gasteiger partial charge in [0.1, 0.15) is 0 Å². The van der Waals surface area contributed by atoms with E-state index in [2.05, 4.69) is 10.6 Å². The first kappa shape index (κ1) is 6.62. The highest BCUT2D eigenvalue weighted by Crippen LogP contribution is 2.29. The van der Waals surface area contributed by atoms with E-state index in [0.717, 1.165) is 31.6 Å². The van der Waals surface area contributed by atoms with Crippen molar-refractivity contribution in [1.82, 2.24) is 10.6 Å². The quantitative estimate of drug-likeness (QED) is 0.558. The molecule has 1 radical (unpaired) electrons. The Hall–Kier alpha value is -0.0800. The fourth-order valence-electron chi connectivity index (χ4n) is 1.78. The van der Waals surface area contributed by atoms with E-state index in [9.17, 15) is 0 Å². The minimum Gasteiger partial charge on any atom is -0.311 e. The summed E-state index contributed by atoms with van der Waals surface area (Å²) in [6, 6.07) is 0.738. The van der Waals surface area contributed by atoms with Crippen LogP contribution in [0.5, 0.6) is 0 Å². The van der Waals surface area contributed by atoms with Crippen molar-refractivity contribution in [2.45, 2.75) is 25.3 Å². The molecule has 57 valence electrons. The maximum atomic E-state index is 4.40. The standard InChI is InChI=1S/C8H15N2/c1-2-7(3-1)8-6-9-4-5-10-8/h7-8,10H,1-6H2. The third-order valence-electron chi connectivity index (χ3n) is 2.72. The highest BCUT2D eigenvalue weighted by atomic mass is 15.1. The average Bonchev–Trinajstić information content (AvgIpc) is 1.86. The first-order chi connectivity index (χ1) is 4.97. The van der Waals surface area contributed by atoms with E-state index in [1.165, 1.54) is 19.3 Å². The normalized spacial score (nSPS) is 35.4. The molecular weight excluding hydrogens is 124 g/mol. The Labute approximate surface area is 62.4 Å². The van der Waals surface area contributed by atoms with Gasteiger partial charge in [-0.3, -0.25) is 0 Å². The molecule has 1 atom stereocenters. The molecule has 0 aromatic heterocycles. The van der Waals surface area contributed by atoms with E-state index >= 15 is 0 Å². The Balaban J connectivity index is 1.78. The molecule has 1 unspecified atom stereocenters. The summed E-state index contributed by atoms with van der Waals surface area (Å²) in [4.78, 5) is 0. The van der Waals surface area contributed by atoms with Crippen molar-refractivity contribution in [3.63, 3.8) is 0 Å². The Bertz CT molecular complexity index is 104. The zero-order chi connectivity index (χ0) is 6.81. The summed E-state index contributed by atoms with van der Waals surface area (Å²) in [5.74, 6) is 0.962. The second kappa shape index (κ2) is 2.89. The Morgan fingerprint density at radius 1 is 1.30 bits per heavy atom. The molecule has 0 aromatic rings. The lowest BCUT2D eigenvalue weighted by Crippen LogP contribution is -2.50. The molecule has 1 N–H and O–H groups in total. The van der Waals surface area contributed by atoms with Gasteiger partial charge in [-0.2, -0.15) is 0 Å². The Morgan fingerprint density at radius 3 is 2.70 bits per heavy atom. The van der Waals surface area contributed by atoms with Gasteiger partial charge < -0.3 is 5.32 Å². The molecule has 1 aliphatic carbocycles. The van der Waals surface area contributed by atoms with Gasteiger partial charge in [0.2, 0.25) is 0 Å². The van der Waals surface area contributed by atoms with Crippen LogP contribution in [0.1, 0.15) is 19.3 Å². The number of piperazine rings is 1. The second-order valence-corrected chi connectivity index (χ2v) is 3.38. The fourth-order valence-corrected chi connectivity index (χ4v) is 1.78. The molecular formula is C8H15N2. The number of hydrogen-bond acceptors (Lipinski definition) is 1. The van der Waals surface area contributed by atoms with Gasteiger partial charge >= 0.3 is 0 Å². The molecule has 2 nitrogen and oxygen atoms in total. The predicted molar refractivity (Wildman–Crippen MR) is 41.0 cm³/mol. The van der Waals surface area contributed by atoms with Crippen LogP contribution in [0.25, 0.3) is 0 Å². The van der Waals surface area contributed by atoms with Crippen LogP contribution in [0, 0.1) is 5.92 Å².